The average Bonchev–Trinajstić information content (AvgIpc) is 3.35. The van der Waals surface area contributed by atoms with Crippen LogP contribution in [0.3, 0.4) is 0 Å². The molecule has 1 saturated heterocycles. The molecule has 1 aromatic carbocycles. The van der Waals surface area contributed by atoms with Gasteiger partial charge in [-0.2, -0.15) is 0 Å². The van der Waals surface area contributed by atoms with Crippen molar-refractivity contribution in [1.29, 1.82) is 0 Å². The molecule has 4 rings (SSSR count). The summed E-state index contributed by atoms with van der Waals surface area (Å²) in [6.07, 6.45) is 5.82. The molecule has 1 amide bonds. The van der Waals surface area contributed by atoms with Gasteiger partial charge in [-0.25, -0.2) is 9.97 Å². The normalized spacial score (nSPS) is 18.1. The second kappa shape index (κ2) is 7.06. The number of nitrogens with one attached hydrogen (secondary N) is 1. The Morgan fingerprint density at radius 2 is 1.92 bits per heavy atom. The van der Waals surface area contributed by atoms with E-state index in [1.807, 2.05) is 20.8 Å². The predicted molar refractivity (Wildman–Crippen MR) is 105 cm³/mol. The molecular formula is C21H28N4O. The summed E-state index contributed by atoms with van der Waals surface area (Å²) in [6, 6.07) is 6.66. The standard InChI is InChI=1S/C15H17N3.C6H11NO/c1-9-3-4-12(11-5-6-11)7-13(9)14-10(2)17-8-18-15(14)16;1-6(2)4-3-5(8)7-6/h3-4,7-8,11H,5-6H2,1-2H3,(H2,16,17,18);3-4H2,1-2H3,(H,7,8). The van der Waals surface area contributed by atoms with Gasteiger partial charge in [0.15, 0.2) is 0 Å². The topological polar surface area (TPSA) is 80.9 Å². The Kier molecular flexibility index (Phi) is 4.99. The third-order valence-corrected chi connectivity index (χ3v) is 5.10. The van der Waals surface area contributed by atoms with Crippen molar-refractivity contribution in [3.8, 4) is 11.1 Å². The maximum atomic E-state index is 10.5. The molecule has 1 aliphatic heterocycles. The van der Waals surface area contributed by atoms with Crippen molar-refractivity contribution in [2.24, 2.45) is 0 Å². The van der Waals surface area contributed by atoms with Gasteiger partial charge in [0, 0.05) is 17.5 Å². The maximum absolute atomic E-state index is 10.5. The summed E-state index contributed by atoms with van der Waals surface area (Å²) < 4.78 is 0. The van der Waals surface area contributed by atoms with Gasteiger partial charge in [0.25, 0.3) is 0 Å². The smallest absolute Gasteiger partial charge is 0.220 e. The van der Waals surface area contributed by atoms with E-state index in [1.54, 1.807) is 0 Å². The molecule has 0 atom stereocenters. The molecule has 0 bridgehead atoms. The van der Waals surface area contributed by atoms with Crippen LogP contribution in [0.2, 0.25) is 0 Å². The number of aromatic nitrogens is 2. The molecule has 5 nitrogen and oxygen atoms in total. The number of amides is 1. The Morgan fingerprint density at radius 1 is 1.19 bits per heavy atom. The highest BCUT2D eigenvalue weighted by molar-refractivity contribution is 5.79. The van der Waals surface area contributed by atoms with Gasteiger partial charge < -0.3 is 11.1 Å². The minimum Gasteiger partial charge on any atom is -0.383 e. The lowest BCUT2D eigenvalue weighted by molar-refractivity contribution is -0.119. The van der Waals surface area contributed by atoms with Crippen LogP contribution in [0.5, 0.6) is 0 Å². The van der Waals surface area contributed by atoms with E-state index in [2.05, 4.69) is 40.4 Å². The van der Waals surface area contributed by atoms with Crippen molar-refractivity contribution in [2.75, 3.05) is 5.73 Å². The van der Waals surface area contributed by atoms with E-state index < -0.39 is 0 Å². The van der Waals surface area contributed by atoms with Crippen molar-refractivity contribution in [3.05, 3.63) is 41.3 Å². The molecule has 2 aromatic rings. The Balaban J connectivity index is 0.000000206. The van der Waals surface area contributed by atoms with E-state index >= 15 is 0 Å². The first kappa shape index (κ1) is 18.4. The fourth-order valence-electron chi connectivity index (χ4n) is 3.33. The van der Waals surface area contributed by atoms with Crippen LogP contribution in [-0.2, 0) is 4.79 Å². The highest BCUT2D eigenvalue weighted by Crippen LogP contribution is 2.42. The van der Waals surface area contributed by atoms with Crippen molar-refractivity contribution in [2.45, 2.75) is 64.8 Å². The number of nitrogen functional groups attached to an aromatic ring is 1. The van der Waals surface area contributed by atoms with E-state index in [-0.39, 0.29) is 11.4 Å². The van der Waals surface area contributed by atoms with E-state index in [0.717, 1.165) is 23.6 Å². The summed E-state index contributed by atoms with van der Waals surface area (Å²) in [4.78, 5) is 18.9. The molecule has 26 heavy (non-hydrogen) atoms. The quantitative estimate of drug-likeness (QED) is 0.859. The molecule has 0 unspecified atom stereocenters. The van der Waals surface area contributed by atoms with Crippen LogP contribution in [0, 0.1) is 13.8 Å². The fourth-order valence-corrected chi connectivity index (χ4v) is 3.33. The van der Waals surface area contributed by atoms with Crippen molar-refractivity contribution in [3.63, 3.8) is 0 Å². The minimum atomic E-state index is 0.0666. The van der Waals surface area contributed by atoms with Crippen LogP contribution >= 0.6 is 0 Å². The monoisotopic (exact) mass is 352 g/mol. The zero-order valence-electron chi connectivity index (χ0n) is 16.1. The van der Waals surface area contributed by atoms with E-state index in [9.17, 15) is 4.79 Å². The summed E-state index contributed by atoms with van der Waals surface area (Å²) >= 11 is 0. The Morgan fingerprint density at radius 3 is 2.42 bits per heavy atom. The third kappa shape index (κ3) is 4.21. The van der Waals surface area contributed by atoms with Crippen molar-refractivity contribution in [1.82, 2.24) is 15.3 Å². The van der Waals surface area contributed by atoms with Crippen LogP contribution in [0.4, 0.5) is 5.82 Å². The summed E-state index contributed by atoms with van der Waals surface area (Å²) in [5.41, 5.74) is 11.8. The van der Waals surface area contributed by atoms with E-state index in [1.165, 1.54) is 35.9 Å². The lowest BCUT2D eigenvalue weighted by Gasteiger charge is -2.15. The molecule has 2 heterocycles. The third-order valence-electron chi connectivity index (χ3n) is 5.10. The summed E-state index contributed by atoms with van der Waals surface area (Å²) in [7, 11) is 0. The Hall–Kier alpha value is -2.43. The Labute approximate surface area is 155 Å². The van der Waals surface area contributed by atoms with Crippen LogP contribution in [0.15, 0.2) is 24.5 Å². The van der Waals surface area contributed by atoms with E-state index in [0.29, 0.717) is 12.2 Å². The molecule has 138 valence electrons. The number of carbonyl (C=O) groups excluding carboxylic acids is 1. The summed E-state index contributed by atoms with van der Waals surface area (Å²) in [5.74, 6) is 1.50. The first-order valence-electron chi connectivity index (χ1n) is 9.26. The summed E-state index contributed by atoms with van der Waals surface area (Å²) in [6.45, 7) is 8.17. The first-order valence-corrected chi connectivity index (χ1v) is 9.26. The number of rotatable bonds is 2. The van der Waals surface area contributed by atoms with Crippen LogP contribution < -0.4 is 11.1 Å². The van der Waals surface area contributed by atoms with Crippen LogP contribution in [0.1, 0.15) is 62.3 Å². The zero-order valence-corrected chi connectivity index (χ0v) is 16.1. The highest BCUT2D eigenvalue weighted by atomic mass is 16.2. The largest absolute Gasteiger partial charge is 0.383 e. The number of carbonyl (C=O) groups is 1. The van der Waals surface area contributed by atoms with Gasteiger partial charge in [0.2, 0.25) is 5.91 Å². The van der Waals surface area contributed by atoms with Gasteiger partial charge in [-0.3, -0.25) is 4.79 Å². The SMILES string of the molecule is CC1(C)CCC(=O)N1.Cc1ccc(C2CC2)cc1-c1c(C)ncnc1N. The number of hydrogen-bond donors (Lipinski definition) is 2. The maximum Gasteiger partial charge on any atom is 0.220 e. The number of nitrogens with zero attached hydrogens (tertiary/aromatic N) is 2. The van der Waals surface area contributed by atoms with Crippen molar-refractivity contribution >= 4 is 11.7 Å². The van der Waals surface area contributed by atoms with Gasteiger partial charge in [-0.1, -0.05) is 18.2 Å². The number of benzene rings is 1. The van der Waals surface area contributed by atoms with Gasteiger partial charge >= 0.3 is 0 Å². The number of nitrogens with two attached hydrogens (primary N) is 1. The molecule has 2 aliphatic rings. The first-order chi connectivity index (χ1) is 12.3. The van der Waals surface area contributed by atoms with Gasteiger partial charge in [-0.05, 0) is 69.6 Å². The van der Waals surface area contributed by atoms with Crippen molar-refractivity contribution < 1.29 is 4.79 Å². The lowest BCUT2D eigenvalue weighted by atomic mass is 9.96. The number of aryl methyl sites for hydroxylation is 2. The molecule has 1 saturated carbocycles. The minimum absolute atomic E-state index is 0.0666. The van der Waals surface area contributed by atoms with Gasteiger partial charge in [0.05, 0.1) is 5.69 Å². The molecule has 0 radical (unpaired) electrons. The predicted octanol–water partition coefficient (Wildman–Crippen LogP) is 3.90. The molecule has 1 aliphatic carbocycles. The number of hydrogen-bond acceptors (Lipinski definition) is 4. The summed E-state index contributed by atoms with van der Waals surface area (Å²) in [5, 5.41) is 2.85. The molecule has 0 spiro atoms. The molecule has 5 heteroatoms. The van der Waals surface area contributed by atoms with Gasteiger partial charge in [-0.15, -0.1) is 0 Å². The van der Waals surface area contributed by atoms with Crippen LogP contribution in [-0.4, -0.2) is 21.4 Å². The zero-order chi connectivity index (χ0) is 18.9. The second-order valence-corrected chi connectivity index (χ2v) is 8.00. The average molecular weight is 352 g/mol. The lowest BCUT2D eigenvalue weighted by Crippen LogP contribution is -2.34. The van der Waals surface area contributed by atoms with Crippen LogP contribution in [0.25, 0.3) is 11.1 Å². The molecule has 3 N–H and O–H groups in total. The van der Waals surface area contributed by atoms with E-state index in [4.69, 9.17) is 5.73 Å². The molecule has 2 fully saturated rings. The van der Waals surface area contributed by atoms with Gasteiger partial charge in [0.1, 0.15) is 12.1 Å². The Bertz CT molecular complexity index is 805. The fraction of sp³-hybridized carbons (Fsp3) is 0.476. The highest BCUT2D eigenvalue weighted by Gasteiger charge is 2.27. The second-order valence-electron chi connectivity index (χ2n) is 8.00. The molecular weight excluding hydrogens is 324 g/mol. The molecule has 1 aromatic heterocycles. The number of anilines is 1.